The highest BCUT2D eigenvalue weighted by Crippen LogP contribution is 2.22. The first-order valence-electron chi connectivity index (χ1n) is 5.60. The van der Waals surface area contributed by atoms with Crippen LogP contribution in [0.5, 0.6) is 0 Å². The predicted octanol–water partition coefficient (Wildman–Crippen LogP) is 3.38. The standard InChI is InChI=1S/C15H15NO/c1-3-10-16(12(2)17)15-9-8-13-6-4-5-7-14(13)11-15/h3-9,11H,1,10H2,2H3. The van der Waals surface area contributed by atoms with Gasteiger partial charge in [-0.1, -0.05) is 36.4 Å². The van der Waals surface area contributed by atoms with E-state index in [0.717, 1.165) is 11.1 Å². The number of carbonyl (C=O) groups excluding carboxylic acids is 1. The Morgan fingerprint density at radius 1 is 1.24 bits per heavy atom. The van der Waals surface area contributed by atoms with Crippen LogP contribution in [0.25, 0.3) is 10.8 Å². The summed E-state index contributed by atoms with van der Waals surface area (Å²) in [5, 5.41) is 2.32. The number of carbonyl (C=O) groups is 1. The molecular weight excluding hydrogens is 210 g/mol. The van der Waals surface area contributed by atoms with Gasteiger partial charge in [-0.25, -0.2) is 0 Å². The maximum atomic E-state index is 11.5. The van der Waals surface area contributed by atoms with Crippen molar-refractivity contribution in [2.45, 2.75) is 6.92 Å². The summed E-state index contributed by atoms with van der Waals surface area (Å²) in [4.78, 5) is 13.3. The van der Waals surface area contributed by atoms with Crippen molar-refractivity contribution in [1.82, 2.24) is 0 Å². The monoisotopic (exact) mass is 225 g/mol. The van der Waals surface area contributed by atoms with Crippen molar-refractivity contribution < 1.29 is 4.79 Å². The lowest BCUT2D eigenvalue weighted by molar-refractivity contribution is -0.116. The number of amides is 1. The van der Waals surface area contributed by atoms with E-state index in [1.165, 1.54) is 5.39 Å². The van der Waals surface area contributed by atoms with Crippen LogP contribution in [0.4, 0.5) is 5.69 Å². The van der Waals surface area contributed by atoms with E-state index in [2.05, 4.69) is 12.6 Å². The molecule has 2 aromatic rings. The summed E-state index contributed by atoms with van der Waals surface area (Å²) in [6.07, 6.45) is 1.73. The van der Waals surface area contributed by atoms with E-state index >= 15 is 0 Å². The number of benzene rings is 2. The summed E-state index contributed by atoms with van der Waals surface area (Å²) in [5.74, 6) is 0.0279. The fourth-order valence-electron chi connectivity index (χ4n) is 1.89. The molecule has 0 spiro atoms. The predicted molar refractivity (Wildman–Crippen MR) is 72.2 cm³/mol. The van der Waals surface area contributed by atoms with E-state index in [0.29, 0.717) is 6.54 Å². The maximum Gasteiger partial charge on any atom is 0.224 e. The van der Waals surface area contributed by atoms with Crippen LogP contribution in [0, 0.1) is 0 Å². The first-order valence-corrected chi connectivity index (χ1v) is 5.60. The Labute approximate surface area is 101 Å². The van der Waals surface area contributed by atoms with Crippen LogP contribution < -0.4 is 4.90 Å². The summed E-state index contributed by atoms with van der Waals surface area (Å²) < 4.78 is 0. The average molecular weight is 225 g/mol. The molecule has 0 aliphatic carbocycles. The Hall–Kier alpha value is -2.09. The molecule has 0 bridgehead atoms. The molecule has 0 heterocycles. The third-order valence-corrected chi connectivity index (χ3v) is 2.74. The Balaban J connectivity index is 2.46. The second-order valence-electron chi connectivity index (χ2n) is 3.95. The van der Waals surface area contributed by atoms with Crippen molar-refractivity contribution in [2.75, 3.05) is 11.4 Å². The Morgan fingerprint density at radius 2 is 1.94 bits per heavy atom. The number of fused-ring (bicyclic) bond motifs is 1. The van der Waals surface area contributed by atoms with Crippen LogP contribution in [-0.4, -0.2) is 12.5 Å². The number of anilines is 1. The van der Waals surface area contributed by atoms with Gasteiger partial charge in [0.05, 0.1) is 0 Å². The molecule has 0 aliphatic rings. The molecule has 2 heteroatoms. The number of nitrogens with zero attached hydrogens (tertiary/aromatic N) is 1. The van der Waals surface area contributed by atoms with Crippen LogP contribution in [0.2, 0.25) is 0 Å². The summed E-state index contributed by atoms with van der Waals surface area (Å²) in [6, 6.07) is 14.1. The first kappa shape index (κ1) is 11.4. The molecule has 2 rings (SSSR count). The van der Waals surface area contributed by atoms with E-state index in [4.69, 9.17) is 0 Å². The van der Waals surface area contributed by atoms with Gasteiger partial charge >= 0.3 is 0 Å². The van der Waals surface area contributed by atoms with Crippen molar-refractivity contribution in [2.24, 2.45) is 0 Å². The van der Waals surface area contributed by atoms with Crippen LogP contribution in [0.1, 0.15) is 6.92 Å². The molecule has 0 fully saturated rings. The zero-order chi connectivity index (χ0) is 12.3. The van der Waals surface area contributed by atoms with E-state index in [-0.39, 0.29) is 5.91 Å². The van der Waals surface area contributed by atoms with E-state index < -0.39 is 0 Å². The molecule has 0 N–H and O–H groups in total. The molecule has 0 unspecified atom stereocenters. The second-order valence-corrected chi connectivity index (χ2v) is 3.95. The van der Waals surface area contributed by atoms with Crippen LogP contribution in [0.15, 0.2) is 55.1 Å². The Kier molecular flexibility index (Phi) is 3.24. The van der Waals surface area contributed by atoms with Crippen molar-refractivity contribution in [3.05, 3.63) is 55.1 Å². The van der Waals surface area contributed by atoms with E-state index in [9.17, 15) is 4.79 Å². The minimum atomic E-state index is 0.0279. The maximum absolute atomic E-state index is 11.5. The molecule has 2 aromatic carbocycles. The molecule has 0 saturated heterocycles. The third-order valence-electron chi connectivity index (χ3n) is 2.74. The molecular formula is C15H15NO. The highest BCUT2D eigenvalue weighted by atomic mass is 16.2. The van der Waals surface area contributed by atoms with Crippen molar-refractivity contribution >= 4 is 22.4 Å². The fraction of sp³-hybridized carbons (Fsp3) is 0.133. The third kappa shape index (κ3) is 2.36. The van der Waals surface area contributed by atoms with Crippen molar-refractivity contribution in [3.63, 3.8) is 0 Å². The van der Waals surface area contributed by atoms with Crippen LogP contribution in [0.3, 0.4) is 0 Å². The summed E-state index contributed by atoms with van der Waals surface area (Å²) in [6.45, 7) is 5.78. The molecule has 86 valence electrons. The van der Waals surface area contributed by atoms with Gasteiger partial charge in [0.1, 0.15) is 0 Å². The first-order chi connectivity index (χ1) is 8.22. The molecule has 0 atom stereocenters. The number of hydrogen-bond donors (Lipinski definition) is 0. The molecule has 0 aromatic heterocycles. The van der Waals surface area contributed by atoms with Crippen LogP contribution in [-0.2, 0) is 4.79 Å². The lowest BCUT2D eigenvalue weighted by Crippen LogP contribution is -2.28. The average Bonchev–Trinajstić information content (AvgIpc) is 2.35. The lowest BCUT2D eigenvalue weighted by Gasteiger charge is -2.19. The topological polar surface area (TPSA) is 20.3 Å². The zero-order valence-electron chi connectivity index (χ0n) is 9.89. The van der Waals surface area contributed by atoms with Gasteiger partial charge in [-0.05, 0) is 22.9 Å². The molecule has 17 heavy (non-hydrogen) atoms. The molecule has 2 nitrogen and oxygen atoms in total. The van der Waals surface area contributed by atoms with Crippen molar-refractivity contribution in [3.8, 4) is 0 Å². The minimum Gasteiger partial charge on any atom is -0.309 e. The quantitative estimate of drug-likeness (QED) is 0.733. The van der Waals surface area contributed by atoms with Gasteiger partial charge in [-0.3, -0.25) is 4.79 Å². The zero-order valence-corrected chi connectivity index (χ0v) is 9.89. The number of rotatable bonds is 3. The van der Waals surface area contributed by atoms with Crippen molar-refractivity contribution in [1.29, 1.82) is 0 Å². The summed E-state index contributed by atoms with van der Waals surface area (Å²) >= 11 is 0. The lowest BCUT2D eigenvalue weighted by atomic mass is 10.1. The smallest absolute Gasteiger partial charge is 0.224 e. The Morgan fingerprint density at radius 3 is 2.59 bits per heavy atom. The fourth-order valence-corrected chi connectivity index (χ4v) is 1.89. The van der Waals surface area contributed by atoms with Gasteiger partial charge in [-0.15, -0.1) is 6.58 Å². The van der Waals surface area contributed by atoms with Gasteiger partial charge < -0.3 is 4.90 Å². The van der Waals surface area contributed by atoms with Gasteiger partial charge in [0.25, 0.3) is 0 Å². The molecule has 0 aliphatic heterocycles. The Bertz CT molecular complexity index is 560. The van der Waals surface area contributed by atoms with Gasteiger partial charge in [0.15, 0.2) is 0 Å². The SMILES string of the molecule is C=CCN(C(C)=O)c1ccc2ccccc2c1. The molecule has 0 radical (unpaired) electrons. The van der Waals surface area contributed by atoms with Crippen LogP contribution >= 0.6 is 0 Å². The highest BCUT2D eigenvalue weighted by molar-refractivity contribution is 5.95. The van der Waals surface area contributed by atoms with E-state index in [1.807, 2.05) is 36.4 Å². The largest absolute Gasteiger partial charge is 0.309 e. The van der Waals surface area contributed by atoms with Gasteiger partial charge in [0, 0.05) is 19.2 Å². The summed E-state index contributed by atoms with van der Waals surface area (Å²) in [7, 11) is 0. The minimum absolute atomic E-state index is 0.0279. The number of hydrogen-bond acceptors (Lipinski definition) is 1. The second kappa shape index (κ2) is 4.83. The van der Waals surface area contributed by atoms with E-state index in [1.54, 1.807) is 17.9 Å². The normalized spacial score (nSPS) is 10.2. The van der Waals surface area contributed by atoms with Gasteiger partial charge in [-0.2, -0.15) is 0 Å². The molecule has 0 saturated carbocycles. The summed E-state index contributed by atoms with van der Waals surface area (Å²) in [5.41, 5.74) is 0.913. The highest BCUT2D eigenvalue weighted by Gasteiger charge is 2.09. The van der Waals surface area contributed by atoms with Gasteiger partial charge in [0.2, 0.25) is 5.91 Å². The molecule has 1 amide bonds.